The maximum Gasteiger partial charge on any atom is 0.267 e. The Morgan fingerprint density at radius 2 is 2.18 bits per heavy atom. The lowest BCUT2D eigenvalue weighted by atomic mass is 10.1. The molecule has 4 heterocycles. The van der Waals surface area contributed by atoms with E-state index in [0.717, 1.165) is 36.1 Å². The molecular weight excluding hydrogens is 356 g/mol. The van der Waals surface area contributed by atoms with Crippen molar-refractivity contribution < 1.29 is 4.74 Å². The van der Waals surface area contributed by atoms with Crippen molar-refractivity contribution in [2.45, 2.75) is 25.9 Å². The molecule has 1 saturated heterocycles. The predicted molar refractivity (Wildman–Crippen MR) is 107 cm³/mol. The summed E-state index contributed by atoms with van der Waals surface area (Å²) >= 11 is 0. The molecular formula is C20H20N6O2. The lowest BCUT2D eigenvalue weighted by Crippen LogP contribution is -2.22. The van der Waals surface area contributed by atoms with Gasteiger partial charge < -0.3 is 10.1 Å². The smallest absolute Gasteiger partial charge is 0.267 e. The van der Waals surface area contributed by atoms with Crippen LogP contribution in [0.3, 0.4) is 0 Å². The summed E-state index contributed by atoms with van der Waals surface area (Å²) in [4.78, 5) is 22.4. The largest absolute Gasteiger partial charge is 0.376 e. The molecule has 1 atom stereocenters. The van der Waals surface area contributed by atoms with Gasteiger partial charge in [-0.1, -0.05) is 18.2 Å². The van der Waals surface area contributed by atoms with Gasteiger partial charge in [0.15, 0.2) is 5.65 Å². The molecule has 0 aliphatic carbocycles. The number of aromatic amines is 1. The van der Waals surface area contributed by atoms with E-state index in [4.69, 9.17) is 4.74 Å². The number of hydrogen-bond donors (Lipinski definition) is 2. The van der Waals surface area contributed by atoms with Crippen LogP contribution in [-0.2, 0) is 4.74 Å². The van der Waals surface area contributed by atoms with Gasteiger partial charge in [-0.15, -0.1) is 0 Å². The number of benzene rings is 1. The Kier molecular flexibility index (Phi) is 4.05. The Morgan fingerprint density at radius 1 is 1.29 bits per heavy atom. The van der Waals surface area contributed by atoms with E-state index in [-0.39, 0.29) is 11.7 Å². The van der Waals surface area contributed by atoms with Gasteiger partial charge in [0.25, 0.3) is 5.56 Å². The first-order valence-electron chi connectivity index (χ1n) is 9.38. The summed E-state index contributed by atoms with van der Waals surface area (Å²) in [5, 5.41) is 11.5. The van der Waals surface area contributed by atoms with E-state index in [1.54, 1.807) is 17.0 Å². The molecule has 0 unspecified atom stereocenters. The highest BCUT2D eigenvalue weighted by atomic mass is 16.5. The van der Waals surface area contributed by atoms with Crippen LogP contribution in [0.5, 0.6) is 0 Å². The van der Waals surface area contributed by atoms with Crippen LogP contribution in [0.25, 0.3) is 27.6 Å². The summed E-state index contributed by atoms with van der Waals surface area (Å²) in [5.74, 6) is 0.476. The number of pyridine rings is 1. The van der Waals surface area contributed by atoms with Gasteiger partial charge in [-0.05, 0) is 31.4 Å². The molecule has 0 saturated carbocycles. The van der Waals surface area contributed by atoms with E-state index in [1.807, 2.05) is 31.2 Å². The number of nitrogens with one attached hydrogen (secondary N) is 2. The second-order valence-corrected chi connectivity index (χ2v) is 7.03. The van der Waals surface area contributed by atoms with Crippen molar-refractivity contribution in [3.8, 4) is 5.69 Å². The molecule has 4 aromatic rings. The van der Waals surface area contributed by atoms with Gasteiger partial charge in [0.2, 0.25) is 5.95 Å². The van der Waals surface area contributed by atoms with Crippen molar-refractivity contribution in [3.63, 3.8) is 0 Å². The van der Waals surface area contributed by atoms with Crippen LogP contribution in [0.2, 0.25) is 0 Å². The van der Waals surface area contributed by atoms with E-state index >= 15 is 0 Å². The molecule has 8 nitrogen and oxygen atoms in total. The number of ether oxygens (including phenoxy) is 1. The second-order valence-electron chi connectivity index (χ2n) is 7.03. The Labute approximate surface area is 160 Å². The molecule has 1 aliphatic rings. The van der Waals surface area contributed by atoms with Crippen molar-refractivity contribution in [1.82, 2.24) is 24.7 Å². The third-order valence-electron chi connectivity index (χ3n) is 5.19. The molecule has 0 amide bonds. The van der Waals surface area contributed by atoms with Gasteiger partial charge in [-0.3, -0.25) is 14.5 Å². The summed E-state index contributed by atoms with van der Waals surface area (Å²) in [6.45, 7) is 3.42. The monoisotopic (exact) mass is 376 g/mol. The van der Waals surface area contributed by atoms with Gasteiger partial charge >= 0.3 is 0 Å². The highest BCUT2D eigenvalue weighted by Gasteiger charge is 2.18. The molecule has 0 radical (unpaired) electrons. The Bertz CT molecular complexity index is 1220. The fraction of sp³-hybridized carbons (Fsp3) is 0.300. The van der Waals surface area contributed by atoms with Crippen molar-refractivity contribution in [2.24, 2.45) is 0 Å². The average molecular weight is 376 g/mol. The number of para-hydroxylation sites is 1. The Balaban J connectivity index is 1.70. The first kappa shape index (κ1) is 16.9. The lowest BCUT2D eigenvalue weighted by molar-refractivity contribution is 0.120. The van der Waals surface area contributed by atoms with Crippen LogP contribution in [0.4, 0.5) is 5.95 Å². The number of rotatable bonds is 4. The maximum atomic E-state index is 13.2. The molecule has 0 bridgehead atoms. The quantitative estimate of drug-likeness (QED) is 0.568. The zero-order valence-corrected chi connectivity index (χ0v) is 15.5. The zero-order chi connectivity index (χ0) is 19.1. The first-order chi connectivity index (χ1) is 13.7. The van der Waals surface area contributed by atoms with E-state index < -0.39 is 0 Å². The van der Waals surface area contributed by atoms with Crippen molar-refractivity contribution in [3.05, 3.63) is 52.6 Å². The molecule has 3 aromatic heterocycles. The second kappa shape index (κ2) is 6.72. The zero-order valence-electron chi connectivity index (χ0n) is 15.5. The van der Waals surface area contributed by atoms with Crippen LogP contribution >= 0.6 is 0 Å². The molecule has 8 heteroatoms. The number of anilines is 1. The average Bonchev–Trinajstić information content (AvgIpc) is 3.40. The molecule has 0 spiro atoms. The number of aryl methyl sites for hydroxylation is 1. The first-order valence-corrected chi connectivity index (χ1v) is 9.38. The van der Waals surface area contributed by atoms with Gasteiger partial charge in [0.1, 0.15) is 0 Å². The van der Waals surface area contributed by atoms with Gasteiger partial charge in [-0.25, -0.2) is 4.98 Å². The summed E-state index contributed by atoms with van der Waals surface area (Å²) < 4.78 is 7.29. The topological polar surface area (TPSA) is 97.7 Å². The van der Waals surface area contributed by atoms with Crippen LogP contribution in [0.1, 0.15) is 18.4 Å². The lowest BCUT2D eigenvalue weighted by Gasteiger charge is -2.14. The van der Waals surface area contributed by atoms with Crippen LogP contribution < -0.4 is 10.9 Å². The predicted octanol–water partition coefficient (Wildman–Crippen LogP) is 2.56. The molecule has 1 aliphatic heterocycles. The van der Waals surface area contributed by atoms with E-state index in [2.05, 4.69) is 25.5 Å². The van der Waals surface area contributed by atoms with Gasteiger partial charge in [0.05, 0.1) is 34.3 Å². The van der Waals surface area contributed by atoms with Crippen LogP contribution in [0.15, 0.2) is 41.5 Å². The summed E-state index contributed by atoms with van der Waals surface area (Å²) in [6, 6.07) is 7.76. The van der Waals surface area contributed by atoms with Gasteiger partial charge in [0, 0.05) is 19.3 Å². The molecule has 5 rings (SSSR count). The number of aromatic nitrogens is 5. The number of nitrogens with zero attached hydrogens (tertiary/aromatic N) is 4. The van der Waals surface area contributed by atoms with Crippen LogP contribution in [0, 0.1) is 6.92 Å². The minimum absolute atomic E-state index is 0.158. The number of H-pyrrole nitrogens is 1. The standard InChI is InChI=1S/C20H20N6O2/c1-12-5-2-3-7-16(12)26-18-14(17-15(19(26)27)11-23-25-17)10-22-20(24-18)21-9-13-6-4-8-28-13/h2-3,5,7,10-11,13H,4,6,8-9H2,1H3,(H,23,25)(H,21,22,24)/t13-/m0/s1. The maximum absolute atomic E-state index is 13.2. The number of hydrogen-bond acceptors (Lipinski definition) is 6. The molecule has 1 aromatic carbocycles. The van der Waals surface area contributed by atoms with Crippen molar-refractivity contribution >= 4 is 27.9 Å². The molecule has 1 fully saturated rings. The van der Waals surface area contributed by atoms with E-state index in [1.165, 1.54) is 0 Å². The molecule has 2 N–H and O–H groups in total. The molecule has 142 valence electrons. The Morgan fingerprint density at radius 3 is 3.00 bits per heavy atom. The highest BCUT2D eigenvalue weighted by Crippen LogP contribution is 2.24. The van der Waals surface area contributed by atoms with Gasteiger partial charge in [-0.2, -0.15) is 10.1 Å². The fourth-order valence-electron chi connectivity index (χ4n) is 3.72. The summed E-state index contributed by atoms with van der Waals surface area (Å²) in [7, 11) is 0. The van der Waals surface area contributed by atoms with E-state index in [9.17, 15) is 4.79 Å². The van der Waals surface area contributed by atoms with E-state index in [0.29, 0.717) is 29.0 Å². The van der Waals surface area contributed by atoms with Crippen LogP contribution in [-0.4, -0.2) is 44.0 Å². The van der Waals surface area contributed by atoms with Crippen molar-refractivity contribution in [2.75, 3.05) is 18.5 Å². The fourth-order valence-corrected chi connectivity index (χ4v) is 3.72. The normalized spacial score (nSPS) is 16.8. The third kappa shape index (κ3) is 2.73. The minimum atomic E-state index is -0.158. The summed E-state index contributed by atoms with van der Waals surface area (Å²) in [5.41, 5.74) is 2.82. The third-order valence-corrected chi connectivity index (χ3v) is 5.19. The summed E-state index contributed by atoms with van der Waals surface area (Å²) in [6.07, 6.45) is 5.57. The molecule has 28 heavy (non-hydrogen) atoms. The SMILES string of the molecule is Cc1ccccc1-n1c(=O)c2cn[nH]c2c2cnc(NC[C@@H]3CCCO3)nc21. The van der Waals surface area contributed by atoms with Crippen molar-refractivity contribution in [1.29, 1.82) is 0 Å². The minimum Gasteiger partial charge on any atom is -0.376 e. The number of fused-ring (bicyclic) bond motifs is 3. The highest BCUT2D eigenvalue weighted by molar-refractivity contribution is 6.02. The Hall–Kier alpha value is -3.26.